The maximum atomic E-state index is 12.8. The summed E-state index contributed by atoms with van der Waals surface area (Å²) in [7, 11) is 0. The Kier molecular flexibility index (Phi) is 8.30. The number of aromatic nitrogens is 1. The molecule has 0 unspecified atom stereocenters. The maximum Gasteiger partial charge on any atom is 0.416 e. The highest BCUT2D eigenvalue weighted by Crippen LogP contribution is 2.36. The van der Waals surface area contributed by atoms with E-state index in [1.807, 2.05) is 33.0 Å². The molecule has 2 aromatic rings. The number of benzene rings is 1. The molecule has 2 amide bonds. The molecule has 38 heavy (non-hydrogen) atoms. The third kappa shape index (κ3) is 7.46. The summed E-state index contributed by atoms with van der Waals surface area (Å²) in [5.41, 5.74) is -0.0754. The molecular weight excluding hydrogens is 497 g/mol. The van der Waals surface area contributed by atoms with E-state index in [9.17, 15) is 22.8 Å². The second-order valence-corrected chi connectivity index (χ2v) is 11.1. The number of alkyl halides is 3. The molecule has 2 fully saturated rings. The van der Waals surface area contributed by atoms with E-state index in [0.29, 0.717) is 17.8 Å². The van der Waals surface area contributed by atoms with E-state index in [1.165, 1.54) is 17.7 Å². The molecule has 0 spiro atoms. The molecule has 4 rings (SSSR count). The number of likely N-dealkylation sites (tertiary alicyclic amines) is 1. The van der Waals surface area contributed by atoms with Crippen LogP contribution >= 0.6 is 0 Å². The van der Waals surface area contributed by atoms with Crippen LogP contribution in [0.4, 0.5) is 13.2 Å². The van der Waals surface area contributed by atoms with Crippen LogP contribution in [-0.4, -0.2) is 59.0 Å². The number of ether oxygens (including phenoxy) is 1. The molecule has 0 radical (unpaired) electrons. The molecule has 2 N–H and O–H groups in total. The third-order valence-electron chi connectivity index (χ3n) is 6.99. The number of carbonyl (C=O) groups is 2. The summed E-state index contributed by atoms with van der Waals surface area (Å²) < 4.78 is 44.4. The van der Waals surface area contributed by atoms with Crippen LogP contribution in [0.15, 0.2) is 42.6 Å². The monoisotopic (exact) mass is 532 g/mol. The molecule has 1 aliphatic heterocycles. The summed E-state index contributed by atoms with van der Waals surface area (Å²) >= 11 is 0. The lowest BCUT2D eigenvalue weighted by Crippen LogP contribution is -2.63. The van der Waals surface area contributed by atoms with Crippen LogP contribution in [0, 0.1) is 0 Å². The Bertz CT molecular complexity index is 1120. The summed E-state index contributed by atoms with van der Waals surface area (Å²) in [6.45, 7) is 7.21. The van der Waals surface area contributed by atoms with Gasteiger partial charge in [0.15, 0.2) is 0 Å². The van der Waals surface area contributed by atoms with Gasteiger partial charge in [0, 0.05) is 37.0 Å². The number of nitrogens with zero attached hydrogens (tertiary/aromatic N) is 2. The number of halogens is 3. The predicted octanol–water partition coefficient (Wildman–Crippen LogP) is 4.53. The lowest BCUT2D eigenvalue weighted by molar-refractivity contribution is -0.137. The highest BCUT2D eigenvalue weighted by Gasteiger charge is 2.35. The minimum Gasteiger partial charge on any atom is -0.472 e. The number of carbonyl (C=O) groups excluding carboxylic acids is 2. The van der Waals surface area contributed by atoms with Gasteiger partial charge in [0.25, 0.3) is 5.91 Å². The lowest BCUT2D eigenvalue weighted by atomic mass is 9.81. The molecule has 10 heteroatoms. The van der Waals surface area contributed by atoms with Gasteiger partial charge in [0.1, 0.15) is 5.60 Å². The highest BCUT2D eigenvalue weighted by molar-refractivity contribution is 5.96. The fourth-order valence-corrected chi connectivity index (χ4v) is 5.06. The molecule has 7 nitrogen and oxygen atoms in total. The minimum absolute atomic E-state index is 0.00486. The molecular formula is C28H35F3N4O3. The van der Waals surface area contributed by atoms with Gasteiger partial charge in [-0.25, -0.2) is 4.98 Å². The second-order valence-electron chi connectivity index (χ2n) is 11.1. The van der Waals surface area contributed by atoms with Crippen molar-refractivity contribution in [2.45, 2.75) is 76.2 Å². The zero-order valence-corrected chi connectivity index (χ0v) is 22.0. The van der Waals surface area contributed by atoms with Crippen LogP contribution in [0.2, 0.25) is 0 Å². The summed E-state index contributed by atoms with van der Waals surface area (Å²) in [5, 5.41) is 5.28. The first-order chi connectivity index (χ1) is 17.9. The fraction of sp³-hybridized carbons (Fsp3) is 0.536. The Hall–Kier alpha value is -3.14. The first-order valence-electron chi connectivity index (χ1n) is 13.0. The summed E-state index contributed by atoms with van der Waals surface area (Å²) in [6, 6.07) is 8.67. The van der Waals surface area contributed by atoms with Gasteiger partial charge in [0.05, 0.1) is 18.2 Å². The van der Waals surface area contributed by atoms with Crippen molar-refractivity contribution in [2.75, 3.05) is 19.6 Å². The van der Waals surface area contributed by atoms with Gasteiger partial charge in [-0.3, -0.25) is 14.5 Å². The van der Waals surface area contributed by atoms with Crippen molar-refractivity contribution in [1.82, 2.24) is 20.5 Å². The van der Waals surface area contributed by atoms with E-state index in [1.54, 1.807) is 0 Å². The SMILES string of the molecule is CC(C)(C)Oc1ccc(C2CCC(N3CC(NC(=O)CNC(=O)c4cccc(C(F)(F)F)c4)C3)CC2)cn1. The van der Waals surface area contributed by atoms with Gasteiger partial charge in [0.2, 0.25) is 11.8 Å². The maximum absolute atomic E-state index is 12.8. The fourth-order valence-electron chi connectivity index (χ4n) is 5.06. The lowest BCUT2D eigenvalue weighted by Gasteiger charge is -2.46. The second kappa shape index (κ2) is 11.3. The molecule has 2 heterocycles. The van der Waals surface area contributed by atoms with Gasteiger partial charge >= 0.3 is 6.18 Å². The average Bonchev–Trinajstić information content (AvgIpc) is 2.84. The van der Waals surface area contributed by atoms with E-state index < -0.39 is 17.6 Å². The normalized spacial score (nSPS) is 20.9. The van der Waals surface area contributed by atoms with Crippen LogP contribution in [0.5, 0.6) is 5.88 Å². The average molecular weight is 533 g/mol. The van der Waals surface area contributed by atoms with Crippen molar-refractivity contribution in [2.24, 2.45) is 0 Å². The predicted molar refractivity (Wildman–Crippen MR) is 137 cm³/mol. The highest BCUT2D eigenvalue weighted by atomic mass is 19.4. The molecule has 206 valence electrons. The third-order valence-corrected chi connectivity index (χ3v) is 6.99. The Morgan fingerprint density at radius 1 is 1.05 bits per heavy atom. The topological polar surface area (TPSA) is 83.6 Å². The number of pyridine rings is 1. The molecule has 1 saturated heterocycles. The summed E-state index contributed by atoms with van der Waals surface area (Å²) in [4.78, 5) is 31.3. The van der Waals surface area contributed by atoms with Crippen molar-refractivity contribution < 1.29 is 27.5 Å². The number of hydrogen-bond acceptors (Lipinski definition) is 5. The Morgan fingerprint density at radius 2 is 1.76 bits per heavy atom. The minimum atomic E-state index is -4.53. The van der Waals surface area contributed by atoms with E-state index in [2.05, 4.69) is 26.6 Å². The van der Waals surface area contributed by atoms with Crippen molar-refractivity contribution in [3.8, 4) is 5.88 Å². The largest absolute Gasteiger partial charge is 0.472 e. The van der Waals surface area contributed by atoms with Crippen molar-refractivity contribution >= 4 is 11.8 Å². The van der Waals surface area contributed by atoms with E-state index in [0.717, 1.165) is 50.9 Å². The first-order valence-corrected chi connectivity index (χ1v) is 13.0. The summed E-state index contributed by atoms with van der Waals surface area (Å²) in [5.74, 6) is 0.0494. The zero-order chi connectivity index (χ0) is 27.5. The Morgan fingerprint density at radius 3 is 2.37 bits per heavy atom. The smallest absolute Gasteiger partial charge is 0.416 e. The van der Waals surface area contributed by atoms with Gasteiger partial charge in [-0.2, -0.15) is 13.2 Å². The van der Waals surface area contributed by atoms with E-state index >= 15 is 0 Å². The Balaban J connectivity index is 1.15. The number of amides is 2. The Labute approximate surface area is 221 Å². The van der Waals surface area contributed by atoms with Crippen LogP contribution in [0.1, 0.15) is 73.9 Å². The van der Waals surface area contributed by atoms with Gasteiger partial charge < -0.3 is 15.4 Å². The van der Waals surface area contributed by atoms with Crippen molar-refractivity contribution in [3.63, 3.8) is 0 Å². The van der Waals surface area contributed by atoms with Crippen molar-refractivity contribution in [1.29, 1.82) is 0 Å². The molecule has 2 aliphatic rings. The van der Waals surface area contributed by atoms with Crippen molar-refractivity contribution in [3.05, 3.63) is 59.3 Å². The van der Waals surface area contributed by atoms with Crippen LogP contribution in [0.25, 0.3) is 0 Å². The van der Waals surface area contributed by atoms with Crippen LogP contribution in [-0.2, 0) is 11.0 Å². The molecule has 1 aromatic carbocycles. The number of nitrogens with one attached hydrogen (secondary N) is 2. The first kappa shape index (κ1) is 27.9. The van der Waals surface area contributed by atoms with E-state index in [-0.39, 0.29) is 29.7 Å². The molecule has 1 aromatic heterocycles. The van der Waals surface area contributed by atoms with Crippen LogP contribution < -0.4 is 15.4 Å². The quantitative estimate of drug-likeness (QED) is 0.548. The van der Waals surface area contributed by atoms with E-state index in [4.69, 9.17) is 4.74 Å². The zero-order valence-electron chi connectivity index (χ0n) is 22.0. The van der Waals surface area contributed by atoms with Gasteiger partial charge in [-0.15, -0.1) is 0 Å². The number of rotatable bonds is 7. The van der Waals surface area contributed by atoms with Gasteiger partial charge in [-0.05, 0) is 76.1 Å². The molecule has 0 bridgehead atoms. The molecule has 0 atom stereocenters. The number of hydrogen-bond donors (Lipinski definition) is 2. The summed E-state index contributed by atoms with van der Waals surface area (Å²) in [6.07, 6.45) is 1.72. The standard InChI is InChI=1S/C28H35F3N4O3/c1-27(2,3)38-25-12-9-20(14-32-25)18-7-10-23(11-8-18)35-16-22(17-35)34-24(36)15-33-26(37)19-5-4-6-21(13-19)28(29,30)31/h4-6,9,12-14,18,22-23H,7-8,10-11,15-17H2,1-3H3,(H,33,37)(H,34,36). The van der Waals surface area contributed by atoms with Crippen LogP contribution in [0.3, 0.4) is 0 Å². The molecule has 1 aliphatic carbocycles. The molecule has 1 saturated carbocycles. The van der Waals surface area contributed by atoms with Gasteiger partial charge in [-0.1, -0.05) is 12.1 Å².